The number of benzene rings is 2. The highest BCUT2D eigenvalue weighted by atomic mass is 35.5. The zero-order valence-corrected chi connectivity index (χ0v) is 19.1. The summed E-state index contributed by atoms with van der Waals surface area (Å²) >= 11 is 6.22. The first-order valence-electron chi connectivity index (χ1n) is 11.7. The van der Waals surface area contributed by atoms with Gasteiger partial charge in [-0.1, -0.05) is 29.8 Å². The maximum absolute atomic E-state index is 13.1. The van der Waals surface area contributed by atoms with Gasteiger partial charge in [0.25, 0.3) is 0 Å². The lowest BCUT2D eigenvalue weighted by atomic mass is 9.81. The molecule has 0 spiro atoms. The van der Waals surface area contributed by atoms with Gasteiger partial charge < -0.3 is 9.64 Å². The highest BCUT2D eigenvalue weighted by Crippen LogP contribution is 2.56. The van der Waals surface area contributed by atoms with Crippen molar-refractivity contribution in [3.05, 3.63) is 53.6 Å². The molecule has 174 valence electrons. The second-order valence-electron chi connectivity index (χ2n) is 9.67. The molecule has 6 rings (SSSR count). The van der Waals surface area contributed by atoms with Crippen LogP contribution in [0.1, 0.15) is 25.7 Å². The average Bonchev–Trinajstić information content (AvgIpc) is 3.58. The van der Waals surface area contributed by atoms with Gasteiger partial charge in [-0.15, -0.1) is 0 Å². The first-order chi connectivity index (χ1) is 16.4. The lowest BCUT2D eigenvalue weighted by Gasteiger charge is -2.19. The highest BCUT2D eigenvalue weighted by molar-refractivity contribution is 6.34. The van der Waals surface area contributed by atoms with E-state index in [1.165, 1.54) is 9.80 Å². The van der Waals surface area contributed by atoms with Crippen molar-refractivity contribution >= 4 is 46.7 Å². The number of hydrogen-bond donors (Lipinski definition) is 0. The van der Waals surface area contributed by atoms with Crippen molar-refractivity contribution in [2.75, 3.05) is 16.3 Å². The van der Waals surface area contributed by atoms with E-state index in [1.807, 2.05) is 0 Å². The summed E-state index contributed by atoms with van der Waals surface area (Å²) in [4.78, 5) is 54.4. The zero-order chi connectivity index (χ0) is 23.6. The number of carbonyl (C=O) groups excluding carboxylic acids is 4. The quantitative estimate of drug-likeness (QED) is 0.379. The fourth-order valence-corrected chi connectivity index (χ4v) is 6.56. The number of para-hydroxylation sites is 1. The van der Waals surface area contributed by atoms with Gasteiger partial charge in [-0.2, -0.15) is 0 Å². The molecule has 0 aromatic heterocycles. The molecule has 7 nitrogen and oxygen atoms in total. The highest BCUT2D eigenvalue weighted by Gasteiger charge is 2.61. The Morgan fingerprint density at radius 2 is 1.65 bits per heavy atom. The third-order valence-corrected chi connectivity index (χ3v) is 8.14. The fourth-order valence-electron chi connectivity index (χ4n) is 6.32. The van der Waals surface area contributed by atoms with E-state index < -0.39 is 11.9 Å². The molecule has 2 bridgehead atoms. The number of imide groups is 1. The van der Waals surface area contributed by atoms with Gasteiger partial charge in [-0.3, -0.25) is 19.2 Å². The fraction of sp³-hybridized carbons (Fsp3) is 0.385. The van der Waals surface area contributed by atoms with Gasteiger partial charge in [0.05, 0.1) is 34.2 Å². The number of ether oxygens (including phenoxy) is 1. The number of anilines is 2. The Morgan fingerprint density at radius 1 is 0.941 bits per heavy atom. The molecule has 34 heavy (non-hydrogen) atoms. The summed E-state index contributed by atoms with van der Waals surface area (Å²) in [5.41, 5.74) is 0.992. The molecule has 0 unspecified atom stereocenters. The molecule has 2 aliphatic carbocycles. The van der Waals surface area contributed by atoms with Crippen LogP contribution in [0, 0.1) is 29.6 Å². The van der Waals surface area contributed by atoms with Crippen LogP contribution in [0.4, 0.5) is 11.4 Å². The van der Waals surface area contributed by atoms with Crippen LogP contribution in [0.15, 0.2) is 48.5 Å². The minimum absolute atomic E-state index is 0.0268. The number of halogens is 1. The molecule has 2 heterocycles. The Bertz CT molecular complexity index is 1200. The maximum Gasteiger partial charge on any atom is 0.316 e. The van der Waals surface area contributed by atoms with Crippen molar-refractivity contribution in [1.82, 2.24) is 0 Å². The van der Waals surface area contributed by atoms with Gasteiger partial charge in [0.15, 0.2) is 0 Å². The molecule has 2 aliphatic heterocycles. The minimum atomic E-state index is -0.641. The van der Waals surface area contributed by atoms with Crippen molar-refractivity contribution < 1.29 is 23.9 Å². The number of nitrogens with zero attached hydrogens (tertiary/aromatic N) is 2. The lowest BCUT2D eigenvalue weighted by Crippen LogP contribution is -2.32. The second kappa shape index (κ2) is 7.94. The van der Waals surface area contributed by atoms with Crippen molar-refractivity contribution in [2.24, 2.45) is 29.6 Å². The summed E-state index contributed by atoms with van der Waals surface area (Å²) in [5.74, 6) is -1.21. The molecule has 2 saturated carbocycles. The molecular weight excluding hydrogens is 456 g/mol. The van der Waals surface area contributed by atoms with Gasteiger partial charge in [0.1, 0.15) is 5.75 Å². The van der Waals surface area contributed by atoms with Crippen LogP contribution in [-0.2, 0) is 19.2 Å². The summed E-state index contributed by atoms with van der Waals surface area (Å²) in [6.45, 7) is 0.177. The van der Waals surface area contributed by atoms with Crippen LogP contribution in [0.25, 0.3) is 0 Å². The SMILES string of the molecule is O=C(Oc1cccc(N2C(=O)[C@@H]3[C@H]4CC[C@@H](C4)[C@H]3C2=O)c1)[C@H]1CC(=O)N(c2ccccc2Cl)C1. The lowest BCUT2D eigenvalue weighted by molar-refractivity contribution is -0.139. The Morgan fingerprint density at radius 3 is 2.35 bits per heavy atom. The van der Waals surface area contributed by atoms with E-state index in [4.69, 9.17) is 16.3 Å². The zero-order valence-electron chi connectivity index (χ0n) is 18.4. The summed E-state index contributed by atoms with van der Waals surface area (Å²) in [6, 6.07) is 13.5. The average molecular weight is 479 g/mol. The van der Waals surface area contributed by atoms with Crippen LogP contribution in [0.3, 0.4) is 0 Å². The number of hydrogen-bond acceptors (Lipinski definition) is 5. The molecule has 0 N–H and O–H groups in total. The van der Waals surface area contributed by atoms with E-state index in [9.17, 15) is 19.2 Å². The first kappa shape index (κ1) is 21.4. The molecule has 8 heteroatoms. The standard InChI is InChI=1S/C26H23ClN2O5/c27-19-6-1-2-7-20(19)28-13-16(11-21(28)30)26(33)34-18-5-3-4-17(12-18)29-24(31)22-14-8-9-15(10-14)23(22)25(29)32/h1-7,12,14-16,22-23H,8-11,13H2/t14-,15-,16-,22+,23+/m0/s1. The Hall–Kier alpha value is -3.19. The molecule has 4 aliphatic rings. The van der Waals surface area contributed by atoms with E-state index in [-0.39, 0.29) is 48.3 Å². The summed E-state index contributed by atoms with van der Waals surface area (Å²) in [7, 11) is 0. The number of fused-ring (bicyclic) bond motifs is 5. The number of rotatable bonds is 4. The van der Waals surface area contributed by atoms with Crippen LogP contribution in [0.2, 0.25) is 5.02 Å². The Kier molecular flexibility index (Phi) is 4.99. The van der Waals surface area contributed by atoms with Gasteiger partial charge in [-0.25, -0.2) is 4.90 Å². The largest absolute Gasteiger partial charge is 0.426 e. The molecule has 0 radical (unpaired) electrons. The number of esters is 1. The minimum Gasteiger partial charge on any atom is -0.426 e. The molecule has 2 saturated heterocycles. The van der Waals surface area contributed by atoms with Crippen molar-refractivity contribution in [3.8, 4) is 5.75 Å². The summed E-state index contributed by atoms with van der Waals surface area (Å²) in [6.07, 6.45) is 3.03. The second-order valence-corrected chi connectivity index (χ2v) is 10.1. The molecule has 4 fully saturated rings. The number of amides is 3. The first-order valence-corrected chi connectivity index (χ1v) is 12.0. The van der Waals surface area contributed by atoms with E-state index in [1.54, 1.807) is 48.5 Å². The van der Waals surface area contributed by atoms with Crippen LogP contribution < -0.4 is 14.5 Å². The smallest absolute Gasteiger partial charge is 0.316 e. The molecule has 5 atom stereocenters. The normalized spacial score (nSPS) is 29.8. The maximum atomic E-state index is 13.1. The summed E-state index contributed by atoms with van der Waals surface area (Å²) < 4.78 is 5.58. The predicted octanol–water partition coefficient (Wildman–Crippen LogP) is 3.83. The molecular formula is C26H23ClN2O5. The topological polar surface area (TPSA) is 84.0 Å². The van der Waals surface area contributed by atoms with Gasteiger partial charge in [-0.05, 0) is 55.4 Å². The van der Waals surface area contributed by atoms with E-state index in [2.05, 4.69) is 0 Å². The van der Waals surface area contributed by atoms with Gasteiger partial charge >= 0.3 is 5.97 Å². The van der Waals surface area contributed by atoms with Crippen molar-refractivity contribution in [2.45, 2.75) is 25.7 Å². The Labute approximate surface area is 201 Å². The molecule has 2 aromatic carbocycles. The van der Waals surface area contributed by atoms with Crippen LogP contribution in [0.5, 0.6) is 5.75 Å². The van der Waals surface area contributed by atoms with Gasteiger partial charge in [0, 0.05) is 19.0 Å². The summed E-state index contributed by atoms with van der Waals surface area (Å²) in [5, 5.41) is 0.440. The van der Waals surface area contributed by atoms with Gasteiger partial charge in [0.2, 0.25) is 17.7 Å². The Balaban J connectivity index is 1.17. The monoisotopic (exact) mass is 478 g/mol. The third-order valence-electron chi connectivity index (χ3n) is 7.82. The molecule has 3 amide bonds. The van der Waals surface area contributed by atoms with E-state index >= 15 is 0 Å². The predicted molar refractivity (Wildman–Crippen MR) is 124 cm³/mol. The third kappa shape index (κ3) is 3.25. The number of carbonyl (C=O) groups is 4. The van der Waals surface area contributed by atoms with Crippen LogP contribution >= 0.6 is 11.6 Å². The van der Waals surface area contributed by atoms with Crippen molar-refractivity contribution in [3.63, 3.8) is 0 Å². The molecule has 2 aromatic rings. The van der Waals surface area contributed by atoms with E-state index in [0.717, 1.165) is 19.3 Å². The van der Waals surface area contributed by atoms with Crippen molar-refractivity contribution in [1.29, 1.82) is 0 Å². The van der Waals surface area contributed by atoms with E-state index in [0.29, 0.717) is 28.2 Å². The van der Waals surface area contributed by atoms with Crippen LogP contribution in [-0.4, -0.2) is 30.2 Å².